The van der Waals surface area contributed by atoms with Crippen LogP contribution in [0, 0.1) is 11.6 Å². The number of amides is 2. The van der Waals surface area contributed by atoms with Gasteiger partial charge in [-0.1, -0.05) is 25.0 Å². The molecule has 0 bridgehead atoms. The van der Waals surface area contributed by atoms with Crippen LogP contribution in [0.4, 0.5) is 14.5 Å². The Labute approximate surface area is 168 Å². The molecule has 1 saturated carbocycles. The normalized spacial score (nSPS) is 18.9. The van der Waals surface area contributed by atoms with Gasteiger partial charge in [0.05, 0.1) is 0 Å². The molecule has 2 aromatic carbocycles. The van der Waals surface area contributed by atoms with Crippen molar-refractivity contribution in [3.05, 3.63) is 65.2 Å². The third-order valence-electron chi connectivity index (χ3n) is 5.18. The van der Waals surface area contributed by atoms with Gasteiger partial charge in [0, 0.05) is 42.9 Å². The lowest BCUT2D eigenvalue weighted by Gasteiger charge is -2.38. The Bertz CT molecular complexity index is 866. The van der Waals surface area contributed by atoms with Gasteiger partial charge >= 0.3 is 0 Å². The number of nitrogens with zero attached hydrogens (tertiary/aromatic N) is 1. The number of rotatable bonds is 5. The summed E-state index contributed by atoms with van der Waals surface area (Å²) in [5, 5.41) is 2.69. The summed E-state index contributed by atoms with van der Waals surface area (Å²) in [5.74, 6) is -2.20. The van der Waals surface area contributed by atoms with Crippen LogP contribution in [0.3, 0.4) is 0 Å². The number of hydrogen-bond donors (Lipinski definition) is 2. The maximum absolute atomic E-state index is 13.7. The number of nitrogens with one attached hydrogen (secondary N) is 1. The predicted molar refractivity (Wildman–Crippen MR) is 107 cm³/mol. The van der Waals surface area contributed by atoms with Crippen molar-refractivity contribution in [2.24, 2.45) is 5.73 Å². The number of anilines is 1. The zero-order chi connectivity index (χ0) is 21.0. The first-order valence-electron chi connectivity index (χ1n) is 9.72. The quantitative estimate of drug-likeness (QED) is 0.799. The van der Waals surface area contributed by atoms with E-state index in [1.165, 1.54) is 6.92 Å². The van der Waals surface area contributed by atoms with Gasteiger partial charge in [0.1, 0.15) is 11.6 Å². The van der Waals surface area contributed by atoms with Gasteiger partial charge < -0.3 is 16.0 Å². The fourth-order valence-corrected chi connectivity index (χ4v) is 3.80. The molecule has 2 aromatic rings. The van der Waals surface area contributed by atoms with Crippen molar-refractivity contribution in [1.82, 2.24) is 4.90 Å². The minimum Gasteiger partial charge on any atom is -0.330 e. The Morgan fingerprint density at radius 1 is 1.07 bits per heavy atom. The van der Waals surface area contributed by atoms with Crippen molar-refractivity contribution >= 4 is 17.5 Å². The van der Waals surface area contributed by atoms with Gasteiger partial charge in [-0.05, 0) is 42.7 Å². The molecular weight excluding hydrogens is 376 g/mol. The van der Waals surface area contributed by atoms with Gasteiger partial charge in [-0.15, -0.1) is 0 Å². The molecule has 0 aromatic heterocycles. The van der Waals surface area contributed by atoms with E-state index in [-0.39, 0.29) is 30.1 Å². The molecule has 0 saturated heterocycles. The van der Waals surface area contributed by atoms with E-state index in [4.69, 9.17) is 5.73 Å². The summed E-state index contributed by atoms with van der Waals surface area (Å²) in [6.07, 6.45) is 3.49. The Hall–Kier alpha value is -2.80. The number of benzene rings is 2. The molecule has 5 nitrogen and oxygen atoms in total. The third kappa shape index (κ3) is 5.38. The lowest BCUT2D eigenvalue weighted by molar-refractivity contribution is -0.114. The molecule has 2 unspecified atom stereocenters. The van der Waals surface area contributed by atoms with Crippen LogP contribution in [0.25, 0.3) is 0 Å². The summed E-state index contributed by atoms with van der Waals surface area (Å²) in [6, 6.07) is 9.57. The highest BCUT2D eigenvalue weighted by atomic mass is 19.1. The molecule has 3 rings (SSSR count). The summed E-state index contributed by atoms with van der Waals surface area (Å²) in [4.78, 5) is 26.0. The minimum absolute atomic E-state index is 0.0323. The molecule has 0 heterocycles. The van der Waals surface area contributed by atoms with Gasteiger partial charge in [-0.3, -0.25) is 9.59 Å². The van der Waals surface area contributed by atoms with E-state index >= 15 is 0 Å². The number of carbonyl (C=O) groups excluding carboxylic acids is 2. The highest BCUT2D eigenvalue weighted by Crippen LogP contribution is 2.26. The standard InChI is InChI=1S/C22H25F2N3O2/c1-14(28)26-19-8-6-15(7-9-19)13-27(21-5-3-2-4-20(21)25)22(29)16-10-17(23)12-18(24)11-16/h6-12,20-21H,2-5,13,25H2,1H3,(H,26,28). The molecule has 1 aliphatic rings. The van der Waals surface area contributed by atoms with Gasteiger partial charge in [-0.2, -0.15) is 0 Å². The molecule has 1 fully saturated rings. The van der Waals surface area contributed by atoms with Crippen LogP contribution in [-0.4, -0.2) is 28.8 Å². The zero-order valence-electron chi connectivity index (χ0n) is 16.3. The fourth-order valence-electron chi connectivity index (χ4n) is 3.80. The molecule has 1 aliphatic carbocycles. The molecule has 0 aliphatic heterocycles. The van der Waals surface area contributed by atoms with E-state index in [1.807, 2.05) is 12.1 Å². The summed E-state index contributed by atoms with van der Waals surface area (Å²) in [5.41, 5.74) is 7.76. The molecule has 29 heavy (non-hydrogen) atoms. The minimum atomic E-state index is -0.791. The number of hydrogen-bond acceptors (Lipinski definition) is 3. The van der Waals surface area contributed by atoms with E-state index in [0.29, 0.717) is 5.69 Å². The van der Waals surface area contributed by atoms with Gasteiger partial charge in [0.15, 0.2) is 0 Å². The zero-order valence-corrected chi connectivity index (χ0v) is 16.3. The fraction of sp³-hybridized carbons (Fsp3) is 0.364. The van der Waals surface area contributed by atoms with Crippen LogP contribution in [0.15, 0.2) is 42.5 Å². The highest BCUT2D eigenvalue weighted by Gasteiger charge is 2.32. The SMILES string of the molecule is CC(=O)Nc1ccc(CN(C(=O)c2cc(F)cc(F)c2)C2CCCCC2N)cc1. The van der Waals surface area contributed by atoms with E-state index in [9.17, 15) is 18.4 Å². The highest BCUT2D eigenvalue weighted by molar-refractivity contribution is 5.94. The Morgan fingerprint density at radius 3 is 2.28 bits per heavy atom. The van der Waals surface area contributed by atoms with Gasteiger partial charge in [-0.25, -0.2) is 8.78 Å². The molecular formula is C22H25F2N3O2. The van der Waals surface area contributed by atoms with Crippen LogP contribution < -0.4 is 11.1 Å². The van der Waals surface area contributed by atoms with Gasteiger partial charge in [0.2, 0.25) is 5.91 Å². The first kappa shape index (κ1) is 20.9. The summed E-state index contributed by atoms with van der Waals surface area (Å²) in [6.45, 7) is 1.69. The van der Waals surface area contributed by atoms with Crippen molar-refractivity contribution in [3.63, 3.8) is 0 Å². The average molecular weight is 401 g/mol. The number of nitrogens with two attached hydrogens (primary N) is 1. The van der Waals surface area contributed by atoms with Crippen molar-refractivity contribution in [2.75, 3.05) is 5.32 Å². The van der Waals surface area contributed by atoms with Crippen LogP contribution in [0.5, 0.6) is 0 Å². The van der Waals surface area contributed by atoms with Crippen molar-refractivity contribution in [2.45, 2.75) is 51.2 Å². The summed E-state index contributed by atoms with van der Waals surface area (Å²) >= 11 is 0. The monoisotopic (exact) mass is 401 g/mol. The van der Waals surface area contributed by atoms with Crippen molar-refractivity contribution < 1.29 is 18.4 Å². The molecule has 0 spiro atoms. The molecule has 0 radical (unpaired) electrons. The second-order valence-electron chi connectivity index (χ2n) is 7.48. The largest absolute Gasteiger partial charge is 0.330 e. The molecule has 2 amide bonds. The van der Waals surface area contributed by atoms with Gasteiger partial charge in [0.25, 0.3) is 5.91 Å². The van der Waals surface area contributed by atoms with E-state index in [0.717, 1.165) is 49.4 Å². The molecule has 154 valence electrons. The van der Waals surface area contributed by atoms with Crippen LogP contribution >= 0.6 is 0 Å². The molecule has 3 N–H and O–H groups in total. The maximum atomic E-state index is 13.7. The van der Waals surface area contributed by atoms with Crippen molar-refractivity contribution in [3.8, 4) is 0 Å². The van der Waals surface area contributed by atoms with E-state index in [1.54, 1.807) is 17.0 Å². The van der Waals surface area contributed by atoms with E-state index in [2.05, 4.69) is 5.32 Å². The number of carbonyl (C=O) groups is 2. The Balaban J connectivity index is 1.88. The molecule has 7 heteroatoms. The van der Waals surface area contributed by atoms with Crippen LogP contribution in [0.1, 0.15) is 48.5 Å². The van der Waals surface area contributed by atoms with Crippen LogP contribution in [-0.2, 0) is 11.3 Å². The first-order valence-corrected chi connectivity index (χ1v) is 9.72. The lowest BCUT2D eigenvalue weighted by Crippen LogP contribution is -2.51. The maximum Gasteiger partial charge on any atom is 0.254 e. The smallest absolute Gasteiger partial charge is 0.254 e. The third-order valence-corrected chi connectivity index (χ3v) is 5.18. The Morgan fingerprint density at radius 2 is 1.69 bits per heavy atom. The van der Waals surface area contributed by atoms with Crippen LogP contribution in [0.2, 0.25) is 0 Å². The second kappa shape index (κ2) is 9.13. The lowest BCUT2D eigenvalue weighted by atomic mass is 9.89. The molecule has 2 atom stereocenters. The van der Waals surface area contributed by atoms with Crippen molar-refractivity contribution in [1.29, 1.82) is 0 Å². The Kier molecular flexibility index (Phi) is 6.59. The van der Waals surface area contributed by atoms with E-state index < -0.39 is 17.5 Å². The predicted octanol–water partition coefficient (Wildman–Crippen LogP) is 3.84. The average Bonchev–Trinajstić information content (AvgIpc) is 2.66. The summed E-state index contributed by atoms with van der Waals surface area (Å²) in [7, 11) is 0. The first-order chi connectivity index (χ1) is 13.8. The summed E-state index contributed by atoms with van der Waals surface area (Å²) < 4.78 is 27.4. The number of halogens is 2. The second-order valence-corrected chi connectivity index (χ2v) is 7.48. The topological polar surface area (TPSA) is 75.4 Å².